The summed E-state index contributed by atoms with van der Waals surface area (Å²) in [6, 6.07) is 0. The Morgan fingerprint density at radius 3 is 1.44 bits per heavy atom. The molecular formula is C35H46Cl3NO22. The number of alkyl halides is 3. The largest absolute Gasteiger partial charge is 0.463 e. The molecule has 0 radical (unpaired) electrons. The Morgan fingerprint density at radius 2 is 0.951 bits per heavy atom. The summed E-state index contributed by atoms with van der Waals surface area (Å²) in [6.45, 7) is 8.27. The lowest BCUT2D eigenvalue weighted by atomic mass is 9.96. The number of carbonyl (C=O) groups is 8. The van der Waals surface area contributed by atoms with Gasteiger partial charge in [0.15, 0.2) is 61.4 Å². The lowest BCUT2D eigenvalue weighted by Gasteiger charge is -2.49. The molecular weight excluding hydrogens is 893 g/mol. The van der Waals surface area contributed by atoms with Crippen molar-refractivity contribution < 1.29 is 105 Å². The van der Waals surface area contributed by atoms with Gasteiger partial charge in [0.2, 0.25) is 12.2 Å². The molecule has 3 rings (SSSR count). The minimum atomic E-state index is -2.54. The van der Waals surface area contributed by atoms with Gasteiger partial charge in [-0.2, -0.15) is 0 Å². The molecule has 3 saturated heterocycles. The number of ether oxygens (including phenoxy) is 14. The van der Waals surface area contributed by atoms with Crippen LogP contribution in [0, 0.1) is 5.41 Å². The van der Waals surface area contributed by atoms with E-state index in [2.05, 4.69) is 0 Å². The summed E-state index contributed by atoms with van der Waals surface area (Å²) >= 11 is 17.9. The third-order valence-electron chi connectivity index (χ3n) is 8.36. The van der Waals surface area contributed by atoms with Crippen molar-refractivity contribution in [3.8, 4) is 0 Å². The second-order valence-corrected chi connectivity index (χ2v) is 15.8. The molecule has 0 bridgehead atoms. The monoisotopic (exact) mass is 937 g/mol. The second kappa shape index (κ2) is 22.3. The summed E-state index contributed by atoms with van der Waals surface area (Å²) in [5, 5.41) is 8.37. The number of hydrogen-bond donors (Lipinski definition) is 1. The van der Waals surface area contributed by atoms with E-state index in [1.807, 2.05) is 0 Å². The van der Waals surface area contributed by atoms with Gasteiger partial charge in [-0.1, -0.05) is 34.8 Å². The molecule has 0 aromatic rings. The fourth-order valence-electron chi connectivity index (χ4n) is 6.34. The van der Waals surface area contributed by atoms with E-state index < -0.39 is 157 Å². The van der Waals surface area contributed by atoms with Gasteiger partial charge in [0.05, 0.1) is 12.7 Å². The van der Waals surface area contributed by atoms with Crippen LogP contribution in [0.2, 0.25) is 0 Å². The maximum absolute atomic E-state index is 12.6. The first-order valence-electron chi connectivity index (χ1n) is 18.2. The quantitative estimate of drug-likeness (QED) is 0.0836. The van der Waals surface area contributed by atoms with Gasteiger partial charge in [0.25, 0.3) is 3.79 Å². The molecule has 3 aliphatic heterocycles. The number of nitrogens with one attached hydrogen (secondary N) is 1. The van der Waals surface area contributed by atoms with Gasteiger partial charge < -0.3 is 66.3 Å². The Kier molecular flexibility index (Phi) is 18.7. The van der Waals surface area contributed by atoms with Gasteiger partial charge in [-0.15, -0.1) is 0 Å². The smallest absolute Gasteiger partial charge is 0.303 e. The standard InChI is InChI=1S/C35H46Cl3NO22/c1-12-23(52-15(4)42)26(59-31-28(56-19(8)46)25(54-17(6)44)21(11-49-31)51-14(3)41)30(32(50-12)61-34(39)35(36,37)38)60-33-29(57-20(9)47)27(55-18(7)45)24(53-16(5)43)22(58-33)10-48-13(2)40/h12,21-33,39H,10-11H2,1-9H3/t12-,21-,22-,23+,24-,25+,26+,27+,28-,29-,30-,31+,32-,33+/m1/s1. The van der Waals surface area contributed by atoms with Crippen LogP contribution in [0.3, 0.4) is 0 Å². The molecule has 0 unspecified atom stereocenters. The minimum Gasteiger partial charge on any atom is -0.463 e. The molecule has 61 heavy (non-hydrogen) atoms. The fourth-order valence-corrected chi connectivity index (χ4v) is 6.47. The van der Waals surface area contributed by atoms with Gasteiger partial charge in [-0.25, -0.2) is 0 Å². The first kappa shape index (κ1) is 51.3. The fraction of sp³-hybridized carbons (Fsp3) is 0.743. The normalized spacial score (nSPS) is 32.5. The van der Waals surface area contributed by atoms with Crippen LogP contribution in [0.25, 0.3) is 0 Å². The molecule has 0 spiro atoms. The predicted octanol–water partition coefficient (Wildman–Crippen LogP) is 1.03. The Bertz CT molecular complexity index is 1660. The average molecular weight is 939 g/mol. The molecule has 0 saturated carbocycles. The molecule has 0 aliphatic carbocycles. The van der Waals surface area contributed by atoms with Crippen LogP contribution >= 0.6 is 34.8 Å². The topological polar surface area (TPSA) is 290 Å². The highest BCUT2D eigenvalue weighted by Gasteiger charge is 2.59. The maximum Gasteiger partial charge on any atom is 0.303 e. The highest BCUT2D eigenvalue weighted by atomic mass is 35.6. The van der Waals surface area contributed by atoms with Crippen LogP contribution in [-0.2, 0) is 105 Å². The van der Waals surface area contributed by atoms with Gasteiger partial charge in [-0.05, 0) is 6.92 Å². The van der Waals surface area contributed by atoms with Crippen molar-refractivity contribution >= 4 is 88.5 Å². The van der Waals surface area contributed by atoms with Crippen molar-refractivity contribution in [3.05, 3.63) is 0 Å². The molecule has 0 amide bonds. The summed E-state index contributed by atoms with van der Waals surface area (Å²) in [4.78, 5) is 98.8. The lowest BCUT2D eigenvalue weighted by molar-refractivity contribution is -0.379. The second-order valence-electron chi connectivity index (χ2n) is 13.5. The Balaban J connectivity index is 2.30. The Hall–Kier alpha value is -4.10. The van der Waals surface area contributed by atoms with E-state index in [0.717, 1.165) is 55.4 Å². The molecule has 23 nitrogen and oxygen atoms in total. The molecule has 0 aromatic carbocycles. The Labute approximate surface area is 363 Å². The summed E-state index contributed by atoms with van der Waals surface area (Å²) in [5.41, 5.74) is 0. The SMILES string of the molecule is CC(=O)OC[C@H]1O[C@@H](O[C@H]2[C@@H](OC(=N)C(Cl)(Cl)Cl)O[C@H](C)[C@H](OC(C)=O)[C@@H]2O[C@@H]2OC[C@@H](OC(C)=O)[C@H](OC(C)=O)[C@H]2OC(C)=O)[C@H](OC(C)=O)[C@@H](OC(C)=O)[C@@H]1OC(C)=O. The summed E-state index contributed by atoms with van der Waals surface area (Å²) < 4.78 is 77.2. The molecule has 14 atom stereocenters. The Morgan fingerprint density at radius 1 is 0.508 bits per heavy atom. The molecule has 1 N–H and O–H groups in total. The summed E-state index contributed by atoms with van der Waals surface area (Å²) in [6.07, 6.45) is -23.8. The zero-order valence-electron chi connectivity index (χ0n) is 34.1. The van der Waals surface area contributed by atoms with E-state index in [9.17, 15) is 38.4 Å². The zero-order valence-corrected chi connectivity index (χ0v) is 36.4. The predicted molar refractivity (Wildman–Crippen MR) is 197 cm³/mol. The number of rotatable bonds is 14. The van der Waals surface area contributed by atoms with Gasteiger partial charge in [-0.3, -0.25) is 43.8 Å². The first-order chi connectivity index (χ1) is 28.3. The first-order valence-corrected chi connectivity index (χ1v) is 19.3. The third-order valence-corrected chi connectivity index (χ3v) is 8.87. The highest BCUT2D eigenvalue weighted by Crippen LogP contribution is 2.38. The number of esters is 8. The van der Waals surface area contributed by atoms with Crippen LogP contribution in [0.4, 0.5) is 0 Å². The third kappa shape index (κ3) is 15.0. The molecule has 344 valence electrons. The highest BCUT2D eigenvalue weighted by molar-refractivity contribution is 6.76. The molecule has 3 aliphatic rings. The van der Waals surface area contributed by atoms with Crippen molar-refractivity contribution in [3.63, 3.8) is 0 Å². The number of hydrogen-bond acceptors (Lipinski definition) is 23. The van der Waals surface area contributed by atoms with Crippen molar-refractivity contribution in [2.45, 2.75) is 152 Å². The van der Waals surface area contributed by atoms with Crippen molar-refractivity contribution in [2.24, 2.45) is 0 Å². The van der Waals surface area contributed by atoms with E-state index in [-0.39, 0.29) is 0 Å². The van der Waals surface area contributed by atoms with E-state index >= 15 is 0 Å². The van der Waals surface area contributed by atoms with Crippen LogP contribution in [0.15, 0.2) is 0 Å². The molecule has 3 fully saturated rings. The maximum atomic E-state index is 12.6. The van der Waals surface area contributed by atoms with Crippen LogP contribution in [-0.4, -0.2) is 157 Å². The zero-order chi connectivity index (χ0) is 46.1. The van der Waals surface area contributed by atoms with Crippen molar-refractivity contribution in [2.75, 3.05) is 13.2 Å². The molecule has 3 heterocycles. The van der Waals surface area contributed by atoms with Gasteiger partial charge in [0, 0.05) is 55.4 Å². The summed E-state index contributed by atoms with van der Waals surface area (Å²) in [5.74, 6) is -8.39. The van der Waals surface area contributed by atoms with E-state index in [1.165, 1.54) is 6.92 Å². The molecule has 26 heteroatoms. The summed E-state index contributed by atoms with van der Waals surface area (Å²) in [7, 11) is 0. The van der Waals surface area contributed by atoms with E-state index in [0.29, 0.717) is 0 Å². The van der Waals surface area contributed by atoms with Crippen LogP contribution in [0.5, 0.6) is 0 Å². The van der Waals surface area contributed by atoms with Crippen molar-refractivity contribution in [1.29, 1.82) is 5.41 Å². The van der Waals surface area contributed by atoms with Crippen LogP contribution < -0.4 is 0 Å². The van der Waals surface area contributed by atoms with E-state index in [1.54, 1.807) is 0 Å². The van der Waals surface area contributed by atoms with Gasteiger partial charge in [0.1, 0.15) is 18.8 Å². The van der Waals surface area contributed by atoms with E-state index in [4.69, 9.17) is 107 Å². The van der Waals surface area contributed by atoms with Crippen molar-refractivity contribution in [1.82, 2.24) is 0 Å². The number of halogens is 3. The molecule has 0 aromatic heterocycles. The minimum absolute atomic E-state index is 0.542. The lowest BCUT2D eigenvalue weighted by Crippen LogP contribution is -2.68. The number of carbonyl (C=O) groups excluding carboxylic acids is 8. The average Bonchev–Trinajstić information content (AvgIpc) is 3.10. The van der Waals surface area contributed by atoms with Gasteiger partial charge >= 0.3 is 47.8 Å². The van der Waals surface area contributed by atoms with Crippen LogP contribution in [0.1, 0.15) is 62.3 Å².